The van der Waals surface area contributed by atoms with Gasteiger partial charge < -0.3 is 9.73 Å². The van der Waals surface area contributed by atoms with Crippen molar-refractivity contribution < 1.29 is 13.6 Å². The van der Waals surface area contributed by atoms with Gasteiger partial charge in [0, 0.05) is 12.6 Å². The van der Waals surface area contributed by atoms with Crippen LogP contribution in [0.2, 0.25) is 0 Å². The zero-order valence-electron chi connectivity index (χ0n) is 13.3. The van der Waals surface area contributed by atoms with Crippen LogP contribution in [0.5, 0.6) is 0 Å². The molecule has 1 N–H and O–H groups in total. The molecule has 0 radical (unpaired) electrons. The van der Waals surface area contributed by atoms with Crippen LogP contribution < -0.4 is 5.32 Å². The van der Waals surface area contributed by atoms with Gasteiger partial charge in [0.15, 0.2) is 11.5 Å². The van der Waals surface area contributed by atoms with E-state index < -0.39 is 5.41 Å². The maximum absolute atomic E-state index is 13.2. The molecule has 1 saturated carbocycles. The third-order valence-corrected chi connectivity index (χ3v) is 4.79. The molecule has 0 aliphatic heterocycles. The van der Waals surface area contributed by atoms with Gasteiger partial charge in [-0.25, -0.2) is 9.37 Å². The van der Waals surface area contributed by atoms with E-state index in [0.717, 1.165) is 30.3 Å². The van der Waals surface area contributed by atoms with Crippen molar-refractivity contribution in [2.24, 2.45) is 0 Å². The highest BCUT2D eigenvalue weighted by Crippen LogP contribution is 2.44. The van der Waals surface area contributed by atoms with Crippen LogP contribution in [0.4, 0.5) is 10.1 Å². The number of amides is 1. The molecular weight excluding hydrogens is 307 g/mol. The SMILES string of the molecule is Cc1nc2cc(NC(=O)C3(c4ccc(F)cc4)CCC3)ccc2o1. The minimum atomic E-state index is -0.567. The van der Waals surface area contributed by atoms with Crippen LogP contribution in [-0.4, -0.2) is 10.9 Å². The first-order valence-corrected chi connectivity index (χ1v) is 8.02. The molecule has 0 atom stereocenters. The van der Waals surface area contributed by atoms with Crippen molar-refractivity contribution in [1.82, 2.24) is 4.98 Å². The van der Waals surface area contributed by atoms with E-state index in [4.69, 9.17) is 4.42 Å². The van der Waals surface area contributed by atoms with Crippen molar-refractivity contribution in [3.63, 3.8) is 0 Å². The van der Waals surface area contributed by atoms with E-state index in [1.54, 1.807) is 31.2 Å². The van der Waals surface area contributed by atoms with Crippen LogP contribution in [0.15, 0.2) is 46.9 Å². The zero-order valence-corrected chi connectivity index (χ0v) is 13.3. The predicted octanol–water partition coefficient (Wildman–Crippen LogP) is 4.34. The van der Waals surface area contributed by atoms with Crippen LogP contribution in [-0.2, 0) is 10.2 Å². The van der Waals surface area contributed by atoms with Gasteiger partial charge in [-0.1, -0.05) is 18.6 Å². The Morgan fingerprint density at radius 3 is 2.62 bits per heavy atom. The molecule has 0 bridgehead atoms. The summed E-state index contributed by atoms with van der Waals surface area (Å²) in [5.74, 6) is 0.246. The minimum absolute atomic E-state index is 0.0556. The number of aromatic nitrogens is 1. The number of aryl methyl sites for hydroxylation is 1. The van der Waals surface area contributed by atoms with Crippen molar-refractivity contribution in [2.45, 2.75) is 31.6 Å². The highest BCUT2D eigenvalue weighted by molar-refractivity contribution is 6.00. The lowest BCUT2D eigenvalue weighted by molar-refractivity contribution is -0.124. The summed E-state index contributed by atoms with van der Waals surface area (Å²) in [4.78, 5) is 17.2. The summed E-state index contributed by atoms with van der Waals surface area (Å²) in [7, 11) is 0. The van der Waals surface area contributed by atoms with Gasteiger partial charge in [-0.3, -0.25) is 4.79 Å². The van der Waals surface area contributed by atoms with Gasteiger partial charge >= 0.3 is 0 Å². The highest BCUT2D eigenvalue weighted by Gasteiger charge is 2.45. The predicted molar refractivity (Wildman–Crippen MR) is 89.3 cm³/mol. The summed E-state index contributed by atoms with van der Waals surface area (Å²) < 4.78 is 18.6. The molecule has 1 aliphatic rings. The molecule has 2 aromatic carbocycles. The molecular formula is C19H17FN2O2. The molecule has 122 valence electrons. The van der Waals surface area contributed by atoms with Gasteiger partial charge in [0.2, 0.25) is 5.91 Å². The Hall–Kier alpha value is -2.69. The number of halogens is 1. The average Bonchev–Trinajstić information content (AvgIpc) is 2.87. The second-order valence-corrected chi connectivity index (χ2v) is 6.31. The lowest BCUT2D eigenvalue weighted by Gasteiger charge is -2.40. The summed E-state index contributed by atoms with van der Waals surface area (Å²) in [6, 6.07) is 11.6. The molecule has 0 unspecified atom stereocenters. The van der Waals surface area contributed by atoms with Gasteiger partial charge in [0.1, 0.15) is 11.3 Å². The Morgan fingerprint density at radius 1 is 1.21 bits per heavy atom. The number of carbonyl (C=O) groups excluding carboxylic acids is 1. The van der Waals surface area contributed by atoms with E-state index in [0.29, 0.717) is 17.2 Å². The van der Waals surface area contributed by atoms with Crippen molar-refractivity contribution in [1.29, 1.82) is 0 Å². The van der Waals surface area contributed by atoms with Gasteiger partial charge in [-0.2, -0.15) is 0 Å². The van der Waals surface area contributed by atoms with Crippen LogP contribution in [0.3, 0.4) is 0 Å². The molecule has 1 aromatic heterocycles. The monoisotopic (exact) mass is 324 g/mol. The number of benzene rings is 2. The fourth-order valence-electron chi connectivity index (χ4n) is 3.32. The first-order chi connectivity index (χ1) is 11.6. The van der Waals surface area contributed by atoms with Crippen molar-refractivity contribution >= 4 is 22.7 Å². The average molecular weight is 324 g/mol. The first kappa shape index (κ1) is 14.9. The molecule has 1 aliphatic carbocycles. The Bertz CT molecular complexity index is 911. The molecule has 24 heavy (non-hydrogen) atoms. The lowest BCUT2D eigenvalue weighted by atomic mass is 9.64. The number of rotatable bonds is 3. The molecule has 4 rings (SSSR count). The quantitative estimate of drug-likeness (QED) is 0.780. The largest absolute Gasteiger partial charge is 0.441 e. The Labute approximate surface area is 138 Å². The van der Waals surface area contributed by atoms with Gasteiger partial charge in [-0.05, 0) is 48.7 Å². The molecule has 1 heterocycles. The number of hydrogen-bond donors (Lipinski definition) is 1. The molecule has 5 heteroatoms. The fraction of sp³-hybridized carbons (Fsp3) is 0.263. The third-order valence-electron chi connectivity index (χ3n) is 4.79. The Balaban J connectivity index is 1.62. The molecule has 4 nitrogen and oxygen atoms in total. The first-order valence-electron chi connectivity index (χ1n) is 8.02. The highest BCUT2D eigenvalue weighted by atomic mass is 19.1. The number of fused-ring (bicyclic) bond motifs is 1. The van der Waals surface area contributed by atoms with Gasteiger partial charge in [-0.15, -0.1) is 0 Å². The molecule has 1 fully saturated rings. The van der Waals surface area contributed by atoms with Crippen molar-refractivity contribution in [3.8, 4) is 0 Å². The molecule has 1 amide bonds. The van der Waals surface area contributed by atoms with E-state index in [1.165, 1.54) is 12.1 Å². The fourth-order valence-corrected chi connectivity index (χ4v) is 3.32. The maximum atomic E-state index is 13.2. The molecule has 0 saturated heterocycles. The van der Waals surface area contributed by atoms with Crippen LogP contribution in [0, 0.1) is 12.7 Å². The van der Waals surface area contributed by atoms with E-state index in [-0.39, 0.29) is 11.7 Å². The molecule has 0 spiro atoms. The topological polar surface area (TPSA) is 55.1 Å². The smallest absolute Gasteiger partial charge is 0.235 e. The summed E-state index contributed by atoms with van der Waals surface area (Å²) >= 11 is 0. The summed E-state index contributed by atoms with van der Waals surface area (Å²) in [5.41, 5.74) is 2.40. The number of oxazole rings is 1. The summed E-state index contributed by atoms with van der Waals surface area (Å²) in [6.45, 7) is 1.79. The Morgan fingerprint density at radius 2 is 1.96 bits per heavy atom. The third kappa shape index (κ3) is 2.37. The van der Waals surface area contributed by atoms with Crippen molar-refractivity contribution in [2.75, 3.05) is 5.32 Å². The number of carbonyl (C=O) groups is 1. The number of nitrogens with one attached hydrogen (secondary N) is 1. The van der Waals surface area contributed by atoms with E-state index >= 15 is 0 Å². The van der Waals surface area contributed by atoms with Crippen LogP contribution in [0.25, 0.3) is 11.1 Å². The lowest BCUT2D eigenvalue weighted by Crippen LogP contribution is -2.46. The molecule has 3 aromatic rings. The normalized spacial score (nSPS) is 15.9. The van der Waals surface area contributed by atoms with Crippen molar-refractivity contribution in [3.05, 3.63) is 59.7 Å². The van der Waals surface area contributed by atoms with E-state index in [2.05, 4.69) is 10.3 Å². The number of hydrogen-bond acceptors (Lipinski definition) is 3. The standard InChI is InChI=1S/C19H17FN2O2/c1-12-21-16-11-15(7-8-17(16)24-12)22-18(23)19(9-2-10-19)13-3-5-14(20)6-4-13/h3-8,11H,2,9-10H2,1H3,(H,22,23). The number of anilines is 1. The van der Waals surface area contributed by atoms with E-state index in [1.807, 2.05) is 6.07 Å². The second kappa shape index (κ2) is 5.44. The van der Waals surface area contributed by atoms with Crippen LogP contribution in [0.1, 0.15) is 30.7 Å². The van der Waals surface area contributed by atoms with Crippen LogP contribution >= 0.6 is 0 Å². The summed E-state index contributed by atoms with van der Waals surface area (Å²) in [6.07, 6.45) is 2.54. The van der Waals surface area contributed by atoms with Gasteiger partial charge in [0.25, 0.3) is 0 Å². The Kier molecular flexibility index (Phi) is 3.37. The maximum Gasteiger partial charge on any atom is 0.235 e. The van der Waals surface area contributed by atoms with E-state index in [9.17, 15) is 9.18 Å². The minimum Gasteiger partial charge on any atom is -0.441 e. The number of nitrogens with zero attached hydrogens (tertiary/aromatic N) is 1. The second-order valence-electron chi connectivity index (χ2n) is 6.31. The summed E-state index contributed by atoms with van der Waals surface area (Å²) in [5, 5.41) is 2.98. The van der Waals surface area contributed by atoms with Gasteiger partial charge in [0.05, 0.1) is 5.41 Å². The zero-order chi connectivity index (χ0) is 16.7.